The molecule has 0 aromatic heterocycles. The molecule has 3 N–H and O–H groups in total. The van der Waals surface area contributed by atoms with Gasteiger partial charge < -0.3 is 10.5 Å². The predicted octanol–water partition coefficient (Wildman–Crippen LogP) is 4.83. The SMILES string of the molecule is N=C(N)c1ccc(Oc2ccc(Cl)c(Cl)c2)cc1Br. The van der Waals surface area contributed by atoms with Crippen molar-refractivity contribution in [3.63, 3.8) is 0 Å². The lowest BCUT2D eigenvalue weighted by molar-refractivity contribution is 0.482. The number of nitrogen functional groups attached to an aromatic ring is 1. The van der Waals surface area contributed by atoms with Crippen LogP contribution in [0.1, 0.15) is 5.56 Å². The number of rotatable bonds is 3. The maximum Gasteiger partial charge on any atom is 0.129 e. The molecular formula is C13H9BrCl2N2O. The van der Waals surface area contributed by atoms with E-state index in [-0.39, 0.29) is 5.84 Å². The lowest BCUT2D eigenvalue weighted by Crippen LogP contribution is -2.11. The Hall–Kier alpha value is -1.23. The minimum absolute atomic E-state index is 0.00652. The summed E-state index contributed by atoms with van der Waals surface area (Å²) in [5.41, 5.74) is 6.05. The van der Waals surface area contributed by atoms with Gasteiger partial charge in [0.05, 0.1) is 10.0 Å². The molecule has 0 aliphatic carbocycles. The summed E-state index contributed by atoms with van der Waals surface area (Å²) in [6, 6.07) is 10.2. The van der Waals surface area contributed by atoms with Crippen molar-refractivity contribution in [2.45, 2.75) is 0 Å². The number of hydrogen-bond donors (Lipinski definition) is 2. The van der Waals surface area contributed by atoms with Gasteiger partial charge in [0.2, 0.25) is 0 Å². The van der Waals surface area contributed by atoms with E-state index >= 15 is 0 Å². The highest BCUT2D eigenvalue weighted by Gasteiger charge is 2.06. The lowest BCUT2D eigenvalue weighted by Gasteiger charge is -2.09. The molecule has 0 fully saturated rings. The van der Waals surface area contributed by atoms with E-state index in [1.807, 2.05) is 0 Å². The summed E-state index contributed by atoms with van der Waals surface area (Å²) in [5.74, 6) is 1.18. The molecule has 6 heteroatoms. The maximum absolute atomic E-state index is 7.39. The van der Waals surface area contributed by atoms with Gasteiger partial charge in [-0.3, -0.25) is 5.41 Å². The Kier molecular flexibility index (Phi) is 4.34. The van der Waals surface area contributed by atoms with Gasteiger partial charge in [-0.25, -0.2) is 0 Å². The van der Waals surface area contributed by atoms with E-state index in [0.717, 1.165) is 0 Å². The van der Waals surface area contributed by atoms with Crippen molar-refractivity contribution in [2.75, 3.05) is 0 Å². The predicted molar refractivity (Wildman–Crippen MR) is 81.7 cm³/mol. The van der Waals surface area contributed by atoms with Gasteiger partial charge in [-0.1, -0.05) is 23.2 Å². The van der Waals surface area contributed by atoms with Crippen molar-refractivity contribution in [1.29, 1.82) is 5.41 Å². The van der Waals surface area contributed by atoms with E-state index in [4.69, 9.17) is 39.1 Å². The molecule has 3 nitrogen and oxygen atoms in total. The fourth-order valence-electron chi connectivity index (χ4n) is 1.45. The zero-order valence-corrected chi connectivity index (χ0v) is 12.7. The van der Waals surface area contributed by atoms with Crippen LogP contribution < -0.4 is 10.5 Å². The van der Waals surface area contributed by atoms with Crippen molar-refractivity contribution >= 4 is 45.0 Å². The van der Waals surface area contributed by atoms with Crippen LogP contribution >= 0.6 is 39.1 Å². The van der Waals surface area contributed by atoms with Crippen LogP contribution in [0.3, 0.4) is 0 Å². The fraction of sp³-hybridized carbons (Fsp3) is 0. The zero-order chi connectivity index (χ0) is 14.0. The standard InChI is InChI=1S/C13H9BrCl2N2O/c14-10-5-7(1-3-9(10)13(17)18)19-8-2-4-11(15)12(16)6-8/h1-6H,(H3,17,18). The van der Waals surface area contributed by atoms with Gasteiger partial charge in [-0.15, -0.1) is 0 Å². The number of benzene rings is 2. The number of ether oxygens (including phenoxy) is 1. The molecule has 0 saturated carbocycles. The Balaban J connectivity index is 2.26. The summed E-state index contributed by atoms with van der Waals surface area (Å²) in [6.45, 7) is 0. The second-order valence-electron chi connectivity index (χ2n) is 3.73. The Labute approximate surface area is 128 Å². The third kappa shape index (κ3) is 3.41. The molecule has 2 aromatic rings. The molecule has 0 atom stereocenters. The fourth-order valence-corrected chi connectivity index (χ4v) is 2.31. The van der Waals surface area contributed by atoms with Gasteiger partial charge in [-0.05, 0) is 46.3 Å². The summed E-state index contributed by atoms with van der Waals surface area (Å²) in [7, 11) is 0. The van der Waals surface area contributed by atoms with Crippen LogP contribution in [0, 0.1) is 5.41 Å². The molecule has 19 heavy (non-hydrogen) atoms. The van der Waals surface area contributed by atoms with Gasteiger partial charge in [-0.2, -0.15) is 0 Å². The second kappa shape index (κ2) is 5.82. The van der Waals surface area contributed by atoms with Crippen LogP contribution in [0.4, 0.5) is 0 Å². The molecule has 0 heterocycles. The molecule has 0 amide bonds. The molecule has 0 aliphatic heterocycles. The van der Waals surface area contributed by atoms with Crippen LogP contribution in [-0.2, 0) is 0 Å². The molecule has 2 rings (SSSR count). The van der Waals surface area contributed by atoms with Crippen LogP contribution in [0.5, 0.6) is 11.5 Å². The van der Waals surface area contributed by atoms with Gasteiger partial charge >= 0.3 is 0 Å². The first kappa shape index (κ1) is 14.2. The first-order chi connectivity index (χ1) is 8.97. The van der Waals surface area contributed by atoms with Crippen molar-refractivity contribution in [1.82, 2.24) is 0 Å². The minimum atomic E-state index is -0.00652. The van der Waals surface area contributed by atoms with Crippen LogP contribution in [-0.4, -0.2) is 5.84 Å². The molecule has 2 aromatic carbocycles. The van der Waals surface area contributed by atoms with Crippen molar-refractivity contribution in [3.05, 3.63) is 56.5 Å². The molecule has 98 valence electrons. The van der Waals surface area contributed by atoms with E-state index in [2.05, 4.69) is 15.9 Å². The lowest BCUT2D eigenvalue weighted by atomic mass is 10.2. The van der Waals surface area contributed by atoms with E-state index in [0.29, 0.717) is 31.6 Å². The number of amidine groups is 1. The number of nitrogens with two attached hydrogens (primary N) is 1. The quantitative estimate of drug-likeness (QED) is 0.608. The summed E-state index contributed by atoms with van der Waals surface area (Å²) >= 11 is 15.1. The van der Waals surface area contributed by atoms with Crippen molar-refractivity contribution in [2.24, 2.45) is 5.73 Å². The minimum Gasteiger partial charge on any atom is -0.457 e. The Morgan fingerprint density at radius 3 is 2.26 bits per heavy atom. The molecule has 0 saturated heterocycles. The smallest absolute Gasteiger partial charge is 0.129 e. The largest absolute Gasteiger partial charge is 0.457 e. The topological polar surface area (TPSA) is 59.1 Å². The van der Waals surface area contributed by atoms with Crippen molar-refractivity contribution in [3.8, 4) is 11.5 Å². The normalized spacial score (nSPS) is 10.3. The third-order valence-electron chi connectivity index (χ3n) is 2.36. The molecule has 0 radical (unpaired) electrons. The van der Waals surface area contributed by atoms with E-state index in [9.17, 15) is 0 Å². The monoisotopic (exact) mass is 358 g/mol. The van der Waals surface area contributed by atoms with Crippen LogP contribution in [0.25, 0.3) is 0 Å². The number of halogens is 3. The zero-order valence-electron chi connectivity index (χ0n) is 9.58. The molecule has 0 bridgehead atoms. The average molecular weight is 360 g/mol. The van der Waals surface area contributed by atoms with Gasteiger partial charge in [0.1, 0.15) is 17.3 Å². The Morgan fingerprint density at radius 2 is 1.68 bits per heavy atom. The van der Waals surface area contributed by atoms with E-state index in [1.54, 1.807) is 36.4 Å². The summed E-state index contributed by atoms with van der Waals surface area (Å²) in [5, 5.41) is 8.30. The highest BCUT2D eigenvalue weighted by atomic mass is 79.9. The molecule has 0 unspecified atom stereocenters. The highest BCUT2D eigenvalue weighted by molar-refractivity contribution is 9.10. The molecular weight excluding hydrogens is 351 g/mol. The number of nitrogens with one attached hydrogen (secondary N) is 1. The van der Waals surface area contributed by atoms with E-state index in [1.165, 1.54) is 0 Å². The first-order valence-electron chi connectivity index (χ1n) is 5.24. The van der Waals surface area contributed by atoms with Crippen LogP contribution in [0.2, 0.25) is 10.0 Å². The molecule has 0 spiro atoms. The van der Waals surface area contributed by atoms with Crippen LogP contribution in [0.15, 0.2) is 40.9 Å². The van der Waals surface area contributed by atoms with Gasteiger partial charge in [0.25, 0.3) is 0 Å². The maximum atomic E-state index is 7.39. The third-order valence-corrected chi connectivity index (χ3v) is 3.75. The highest BCUT2D eigenvalue weighted by Crippen LogP contribution is 2.31. The average Bonchev–Trinajstić information content (AvgIpc) is 2.33. The Bertz CT molecular complexity index is 647. The summed E-state index contributed by atoms with van der Waals surface area (Å²) in [4.78, 5) is 0. The Morgan fingerprint density at radius 1 is 1.05 bits per heavy atom. The first-order valence-corrected chi connectivity index (χ1v) is 6.79. The van der Waals surface area contributed by atoms with Crippen molar-refractivity contribution < 1.29 is 4.74 Å². The molecule has 0 aliphatic rings. The summed E-state index contributed by atoms with van der Waals surface area (Å²) in [6.07, 6.45) is 0. The number of hydrogen-bond acceptors (Lipinski definition) is 2. The van der Waals surface area contributed by atoms with Gasteiger partial charge in [0.15, 0.2) is 0 Å². The van der Waals surface area contributed by atoms with Gasteiger partial charge in [0, 0.05) is 16.1 Å². The van der Waals surface area contributed by atoms with E-state index < -0.39 is 0 Å². The summed E-state index contributed by atoms with van der Waals surface area (Å²) < 4.78 is 6.34. The second-order valence-corrected chi connectivity index (χ2v) is 5.40.